The molecule has 6 heteroatoms. The standard InChI is InChI=1S/C18H27N3O2.HI/c1-19-18(20-10-13-23-15-14-22-2)21-11-8-17(9-12-21)16-6-4-3-5-7-16;/h3-8H,9-15H2,1-2H3,(H,19,20);1H. The maximum absolute atomic E-state index is 5.46. The fourth-order valence-electron chi connectivity index (χ4n) is 2.59. The number of nitrogens with one attached hydrogen (secondary N) is 1. The van der Waals surface area contributed by atoms with E-state index in [1.54, 1.807) is 7.11 Å². The largest absolute Gasteiger partial charge is 0.382 e. The van der Waals surface area contributed by atoms with E-state index in [0.29, 0.717) is 19.8 Å². The molecule has 1 aromatic rings. The quantitative estimate of drug-likeness (QED) is 0.304. The summed E-state index contributed by atoms with van der Waals surface area (Å²) in [6, 6.07) is 10.6. The molecule has 0 spiro atoms. The van der Waals surface area contributed by atoms with Gasteiger partial charge in [0.15, 0.2) is 5.96 Å². The lowest BCUT2D eigenvalue weighted by atomic mass is 10.00. The van der Waals surface area contributed by atoms with E-state index in [-0.39, 0.29) is 24.0 Å². The fraction of sp³-hybridized carbons (Fsp3) is 0.500. The minimum Gasteiger partial charge on any atom is -0.382 e. The molecule has 1 aliphatic rings. The number of aliphatic imine (C=N–C) groups is 1. The second kappa shape index (κ2) is 12.3. The van der Waals surface area contributed by atoms with Crippen molar-refractivity contribution in [2.75, 3.05) is 53.6 Å². The zero-order valence-electron chi connectivity index (χ0n) is 14.5. The van der Waals surface area contributed by atoms with Gasteiger partial charge in [0.2, 0.25) is 0 Å². The Kier molecular flexibility index (Phi) is 10.7. The Labute approximate surface area is 162 Å². The van der Waals surface area contributed by atoms with Gasteiger partial charge in [-0.05, 0) is 17.6 Å². The molecule has 1 aliphatic heterocycles. The Morgan fingerprint density at radius 1 is 1.21 bits per heavy atom. The first-order chi connectivity index (χ1) is 11.3. The normalized spacial score (nSPS) is 14.8. The van der Waals surface area contributed by atoms with E-state index in [2.05, 4.69) is 51.6 Å². The molecule has 24 heavy (non-hydrogen) atoms. The van der Waals surface area contributed by atoms with Gasteiger partial charge in [0.05, 0.1) is 19.8 Å². The molecule has 0 aliphatic carbocycles. The first-order valence-electron chi connectivity index (χ1n) is 8.12. The predicted octanol–water partition coefficient (Wildman–Crippen LogP) is 2.63. The van der Waals surface area contributed by atoms with Crippen LogP contribution in [-0.2, 0) is 9.47 Å². The van der Waals surface area contributed by atoms with Crippen LogP contribution >= 0.6 is 24.0 Å². The lowest BCUT2D eigenvalue weighted by Crippen LogP contribution is -2.44. The monoisotopic (exact) mass is 445 g/mol. The van der Waals surface area contributed by atoms with Crippen molar-refractivity contribution < 1.29 is 9.47 Å². The molecule has 0 amide bonds. The SMILES string of the molecule is CN=C(NCCOCCOC)N1CC=C(c2ccccc2)CC1.I. The summed E-state index contributed by atoms with van der Waals surface area (Å²) in [6.07, 6.45) is 3.33. The number of methoxy groups -OCH3 is 1. The number of nitrogens with zero attached hydrogens (tertiary/aromatic N) is 2. The molecule has 1 aromatic carbocycles. The molecule has 0 unspecified atom stereocenters. The number of hydrogen-bond donors (Lipinski definition) is 1. The second-order valence-electron chi connectivity index (χ2n) is 5.37. The average molecular weight is 445 g/mol. The average Bonchev–Trinajstić information content (AvgIpc) is 2.62. The Bertz CT molecular complexity index is 520. The minimum absolute atomic E-state index is 0. The summed E-state index contributed by atoms with van der Waals surface area (Å²) < 4.78 is 10.4. The lowest BCUT2D eigenvalue weighted by Gasteiger charge is -2.29. The third-order valence-corrected chi connectivity index (χ3v) is 3.83. The van der Waals surface area contributed by atoms with Gasteiger partial charge in [0.1, 0.15) is 0 Å². The van der Waals surface area contributed by atoms with Crippen LogP contribution in [0.3, 0.4) is 0 Å². The van der Waals surface area contributed by atoms with Crippen LogP contribution in [0.1, 0.15) is 12.0 Å². The van der Waals surface area contributed by atoms with Gasteiger partial charge >= 0.3 is 0 Å². The van der Waals surface area contributed by atoms with Crippen LogP contribution in [0.4, 0.5) is 0 Å². The molecule has 0 aromatic heterocycles. The van der Waals surface area contributed by atoms with Gasteiger partial charge in [-0.25, -0.2) is 0 Å². The van der Waals surface area contributed by atoms with E-state index in [9.17, 15) is 0 Å². The van der Waals surface area contributed by atoms with Crippen molar-refractivity contribution >= 4 is 35.5 Å². The van der Waals surface area contributed by atoms with Crippen LogP contribution < -0.4 is 5.32 Å². The zero-order chi connectivity index (χ0) is 16.3. The number of rotatable bonds is 7. The van der Waals surface area contributed by atoms with Crippen LogP contribution in [0, 0.1) is 0 Å². The Morgan fingerprint density at radius 3 is 2.62 bits per heavy atom. The van der Waals surface area contributed by atoms with Gasteiger partial charge in [0.25, 0.3) is 0 Å². The van der Waals surface area contributed by atoms with Crippen molar-refractivity contribution in [3.05, 3.63) is 42.0 Å². The third kappa shape index (κ3) is 6.78. The van der Waals surface area contributed by atoms with Gasteiger partial charge < -0.3 is 19.7 Å². The molecule has 1 heterocycles. The number of guanidine groups is 1. The zero-order valence-corrected chi connectivity index (χ0v) is 16.9. The van der Waals surface area contributed by atoms with Gasteiger partial charge in [-0.15, -0.1) is 24.0 Å². The summed E-state index contributed by atoms with van der Waals surface area (Å²) in [4.78, 5) is 6.63. The van der Waals surface area contributed by atoms with E-state index >= 15 is 0 Å². The van der Waals surface area contributed by atoms with Crippen LogP contribution in [-0.4, -0.2) is 64.5 Å². The first kappa shape index (κ1) is 20.9. The van der Waals surface area contributed by atoms with Crippen molar-refractivity contribution in [1.82, 2.24) is 10.2 Å². The molecule has 2 rings (SSSR count). The highest BCUT2D eigenvalue weighted by molar-refractivity contribution is 14.0. The molecule has 134 valence electrons. The number of ether oxygens (including phenoxy) is 2. The number of benzene rings is 1. The highest BCUT2D eigenvalue weighted by atomic mass is 127. The maximum atomic E-state index is 5.46. The van der Waals surface area contributed by atoms with E-state index in [0.717, 1.165) is 32.0 Å². The molecule has 0 bridgehead atoms. The summed E-state index contributed by atoms with van der Waals surface area (Å²) in [5.74, 6) is 0.934. The maximum Gasteiger partial charge on any atom is 0.194 e. The topological polar surface area (TPSA) is 46.1 Å². The lowest BCUT2D eigenvalue weighted by molar-refractivity contribution is 0.0731. The Balaban J connectivity index is 0.00000288. The third-order valence-electron chi connectivity index (χ3n) is 3.83. The molecule has 0 atom stereocenters. The van der Waals surface area contributed by atoms with Crippen molar-refractivity contribution in [2.45, 2.75) is 6.42 Å². The van der Waals surface area contributed by atoms with E-state index in [4.69, 9.17) is 9.47 Å². The minimum atomic E-state index is 0. The van der Waals surface area contributed by atoms with Crippen molar-refractivity contribution in [3.63, 3.8) is 0 Å². The molecule has 0 fully saturated rings. The summed E-state index contributed by atoms with van der Waals surface area (Å²) in [6.45, 7) is 4.53. The Hall–Kier alpha value is -1.12. The van der Waals surface area contributed by atoms with Gasteiger partial charge in [0, 0.05) is 33.8 Å². The van der Waals surface area contributed by atoms with Crippen molar-refractivity contribution in [2.24, 2.45) is 4.99 Å². The van der Waals surface area contributed by atoms with E-state index in [1.807, 2.05) is 7.05 Å². The molecule has 0 saturated carbocycles. The van der Waals surface area contributed by atoms with Crippen LogP contribution in [0.15, 0.2) is 41.4 Å². The van der Waals surface area contributed by atoms with Crippen LogP contribution in [0.5, 0.6) is 0 Å². The van der Waals surface area contributed by atoms with Crippen molar-refractivity contribution in [1.29, 1.82) is 0 Å². The first-order valence-corrected chi connectivity index (χ1v) is 8.12. The van der Waals surface area contributed by atoms with Crippen LogP contribution in [0.2, 0.25) is 0 Å². The number of hydrogen-bond acceptors (Lipinski definition) is 3. The Morgan fingerprint density at radius 2 is 2.00 bits per heavy atom. The second-order valence-corrected chi connectivity index (χ2v) is 5.37. The number of halogens is 1. The predicted molar refractivity (Wildman–Crippen MR) is 110 cm³/mol. The van der Waals surface area contributed by atoms with E-state index < -0.39 is 0 Å². The fourth-order valence-corrected chi connectivity index (χ4v) is 2.59. The van der Waals surface area contributed by atoms with Gasteiger partial charge in [-0.3, -0.25) is 4.99 Å². The molecular weight excluding hydrogens is 417 g/mol. The summed E-state index contributed by atoms with van der Waals surface area (Å²) in [5.41, 5.74) is 2.74. The molecule has 1 N–H and O–H groups in total. The molecule has 0 radical (unpaired) electrons. The molecule has 5 nitrogen and oxygen atoms in total. The van der Waals surface area contributed by atoms with Gasteiger partial charge in [-0.1, -0.05) is 36.4 Å². The smallest absolute Gasteiger partial charge is 0.194 e. The highest BCUT2D eigenvalue weighted by Crippen LogP contribution is 2.21. The van der Waals surface area contributed by atoms with E-state index in [1.165, 1.54) is 11.1 Å². The molecular formula is C18H28IN3O2. The summed E-state index contributed by atoms with van der Waals surface area (Å²) in [7, 11) is 3.50. The summed E-state index contributed by atoms with van der Waals surface area (Å²) >= 11 is 0. The summed E-state index contributed by atoms with van der Waals surface area (Å²) in [5, 5.41) is 3.35. The van der Waals surface area contributed by atoms with Crippen LogP contribution in [0.25, 0.3) is 5.57 Å². The highest BCUT2D eigenvalue weighted by Gasteiger charge is 2.15. The van der Waals surface area contributed by atoms with Crippen molar-refractivity contribution in [3.8, 4) is 0 Å². The molecule has 0 saturated heterocycles. The van der Waals surface area contributed by atoms with Gasteiger partial charge in [-0.2, -0.15) is 0 Å².